The number of nitrogens with zero attached hydrogens (tertiary/aromatic N) is 4. The van der Waals surface area contributed by atoms with Gasteiger partial charge in [0.15, 0.2) is 5.82 Å². The van der Waals surface area contributed by atoms with Crippen LogP contribution in [0.25, 0.3) is 32.8 Å². The van der Waals surface area contributed by atoms with E-state index >= 15 is 0 Å². The Labute approximate surface area is 185 Å². The van der Waals surface area contributed by atoms with Crippen molar-refractivity contribution in [3.63, 3.8) is 0 Å². The molecule has 1 amide bonds. The number of nitrogens with two attached hydrogens (primary N) is 1. The lowest BCUT2D eigenvalue weighted by atomic mass is 10.0. The normalized spacial score (nSPS) is 17.0. The Morgan fingerprint density at radius 3 is 2.94 bits per heavy atom. The number of benzene rings is 1. The van der Waals surface area contributed by atoms with Crippen molar-refractivity contribution in [2.24, 2.45) is 12.8 Å². The Kier molecular flexibility index (Phi) is 4.98. The molecular formula is C23H27N5O2S. The van der Waals surface area contributed by atoms with Gasteiger partial charge in [-0.1, -0.05) is 0 Å². The predicted octanol–water partition coefficient (Wildman–Crippen LogP) is 3.85. The molecule has 1 atom stereocenters. The van der Waals surface area contributed by atoms with E-state index in [0.717, 1.165) is 53.9 Å². The highest BCUT2D eigenvalue weighted by molar-refractivity contribution is 7.16. The zero-order valence-corrected chi connectivity index (χ0v) is 18.9. The average Bonchev–Trinajstić information content (AvgIpc) is 3.45. The van der Waals surface area contributed by atoms with E-state index in [0.29, 0.717) is 17.9 Å². The Bertz CT molecular complexity index is 1280. The molecule has 3 aromatic heterocycles. The van der Waals surface area contributed by atoms with Crippen LogP contribution < -0.4 is 10.5 Å². The van der Waals surface area contributed by atoms with Crippen LogP contribution in [-0.4, -0.2) is 51.2 Å². The molecule has 7 nitrogen and oxygen atoms in total. The number of carbonyl (C=O) groups is 1. The van der Waals surface area contributed by atoms with Gasteiger partial charge in [0.1, 0.15) is 16.1 Å². The smallest absolute Gasteiger partial charge is 0.254 e. The molecule has 0 spiro atoms. The number of amides is 1. The Morgan fingerprint density at radius 1 is 1.35 bits per heavy atom. The number of imidazole rings is 1. The molecule has 5 rings (SSSR count). The molecule has 8 heteroatoms. The first-order valence-electron chi connectivity index (χ1n) is 10.7. The minimum absolute atomic E-state index is 0.0105. The van der Waals surface area contributed by atoms with Gasteiger partial charge in [0.2, 0.25) is 0 Å². The van der Waals surface area contributed by atoms with Crippen LogP contribution in [0.5, 0.6) is 5.75 Å². The summed E-state index contributed by atoms with van der Waals surface area (Å²) < 4.78 is 10.1. The van der Waals surface area contributed by atoms with Crippen molar-refractivity contribution in [2.75, 3.05) is 20.2 Å². The fourth-order valence-electron chi connectivity index (χ4n) is 4.67. The van der Waals surface area contributed by atoms with E-state index in [1.807, 2.05) is 24.1 Å². The molecule has 1 fully saturated rings. The van der Waals surface area contributed by atoms with Gasteiger partial charge in [-0.2, -0.15) is 0 Å². The van der Waals surface area contributed by atoms with Gasteiger partial charge in [0.25, 0.3) is 5.91 Å². The van der Waals surface area contributed by atoms with Crippen LogP contribution in [0, 0.1) is 0 Å². The minimum atomic E-state index is 0.0105. The monoisotopic (exact) mass is 437 g/mol. The van der Waals surface area contributed by atoms with E-state index in [4.69, 9.17) is 15.5 Å². The Balaban J connectivity index is 1.63. The maximum absolute atomic E-state index is 13.2. The molecule has 162 valence electrons. The van der Waals surface area contributed by atoms with Crippen molar-refractivity contribution < 1.29 is 9.53 Å². The first-order chi connectivity index (χ1) is 15.0. The van der Waals surface area contributed by atoms with Crippen LogP contribution in [0.1, 0.15) is 30.1 Å². The molecule has 0 saturated carbocycles. The molecule has 4 aromatic rings. The third-order valence-electron chi connectivity index (χ3n) is 6.20. The van der Waals surface area contributed by atoms with Crippen molar-refractivity contribution in [3.8, 4) is 17.3 Å². The van der Waals surface area contributed by atoms with E-state index in [9.17, 15) is 4.79 Å². The molecule has 0 bridgehead atoms. The summed E-state index contributed by atoms with van der Waals surface area (Å²) in [6.07, 6.45) is 1.91. The topological polar surface area (TPSA) is 78.3 Å². The number of likely N-dealkylation sites (tertiary alicyclic amines) is 1. The third kappa shape index (κ3) is 3.21. The molecule has 0 aliphatic carbocycles. The number of hydrogen-bond acceptors (Lipinski definition) is 5. The third-order valence-corrected chi connectivity index (χ3v) is 7.13. The van der Waals surface area contributed by atoms with Gasteiger partial charge >= 0.3 is 0 Å². The number of thiophene rings is 1. The zero-order valence-electron chi connectivity index (χ0n) is 18.1. The van der Waals surface area contributed by atoms with Crippen LogP contribution >= 0.6 is 11.3 Å². The van der Waals surface area contributed by atoms with Crippen molar-refractivity contribution in [1.82, 2.24) is 19.0 Å². The van der Waals surface area contributed by atoms with E-state index in [2.05, 4.69) is 33.6 Å². The maximum atomic E-state index is 13.2. The van der Waals surface area contributed by atoms with Gasteiger partial charge in [-0.15, -0.1) is 11.3 Å². The lowest BCUT2D eigenvalue weighted by Crippen LogP contribution is -2.45. The lowest BCUT2D eigenvalue weighted by Gasteiger charge is -2.31. The van der Waals surface area contributed by atoms with Crippen molar-refractivity contribution >= 4 is 38.5 Å². The fourth-order valence-corrected chi connectivity index (χ4v) is 5.58. The van der Waals surface area contributed by atoms with Crippen LogP contribution in [0.2, 0.25) is 0 Å². The average molecular weight is 438 g/mol. The van der Waals surface area contributed by atoms with Gasteiger partial charge < -0.3 is 24.5 Å². The minimum Gasteiger partial charge on any atom is -0.495 e. The quantitative estimate of drug-likeness (QED) is 0.526. The number of aryl methyl sites for hydroxylation is 2. The number of ether oxygens (including phenoxy) is 1. The van der Waals surface area contributed by atoms with Crippen molar-refractivity contribution in [2.45, 2.75) is 32.4 Å². The van der Waals surface area contributed by atoms with E-state index in [-0.39, 0.29) is 11.9 Å². The number of fused-ring (bicyclic) bond motifs is 2. The maximum Gasteiger partial charge on any atom is 0.254 e. The molecule has 0 radical (unpaired) electrons. The highest BCUT2D eigenvalue weighted by Gasteiger charge is 2.25. The molecule has 31 heavy (non-hydrogen) atoms. The van der Waals surface area contributed by atoms with Gasteiger partial charge in [-0.05, 0) is 49.4 Å². The highest BCUT2D eigenvalue weighted by atomic mass is 32.1. The van der Waals surface area contributed by atoms with Gasteiger partial charge in [0, 0.05) is 43.7 Å². The Hall–Kier alpha value is -2.84. The number of rotatable bonds is 4. The predicted molar refractivity (Wildman–Crippen MR) is 125 cm³/mol. The van der Waals surface area contributed by atoms with Gasteiger partial charge in [-0.25, -0.2) is 4.98 Å². The van der Waals surface area contributed by atoms with E-state index in [1.54, 1.807) is 18.4 Å². The molecular weight excluding hydrogens is 410 g/mol. The summed E-state index contributed by atoms with van der Waals surface area (Å²) >= 11 is 1.70. The van der Waals surface area contributed by atoms with Crippen LogP contribution in [0.3, 0.4) is 0 Å². The summed E-state index contributed by atoms with van der Waals surface area (Å²) in [4.78, 5) is 21.1. The highest BCUT2D eigenvalue weighted by Crippen LogP contribution is 2.36. The van der Waals surface area contributed by atoms with E-state index in [1.165, 1.54) is 4.83 Å². The summed E-state index contributed by atoms with van der Waals surface area (Å²) in [6.45, 7) is 4.32. The standard InChI is InChI=1S/C23H27N5O2S/c1-4-28-21(25-17-7-9-31-23(17)28)18-11-14-10-15(12-19(30-3)20(14)26(18)2)22(29)27-8-5-6-16(24)13-27/h7,9-12,16H,4-6,8,13,24H2,1-3H3/t16-/m1/s1. The Morgan fingerprint density at radius 2 is 2.19 bits per heavy atom. The van der Waals surface area contributed by atoms with Crippen LogP contribution in [0.15, 0.2) is 29.6 Å². The number of hydrogen-bond donors (Lipinski definition) is 1. The second-order valence-corrected chi connectivity index (χ2v) is 9.04. The second kappa shape index (κ2) is 7.69. The molecule has 2 N–H and O–H groups in total. The van der Waals surface area contributed by atoms with Crippen molar-refractivity contribution in [3.05, 3.63) is 35.2 Å². The largest absolute Gasteiger partial charge is 0.495 e. The number of aromatic nitrogens is 3. The lowest BCUT2D eigenvalue weighted by molar-refractivity contribution is 0.0708. The number of piperidine rings is 1. The summed E-state index contributed by atoms with van der Waals surface area (Å²) in [7, 11) is 3.67. The summed E-state index contributed by atoms with van der Waals surface area (Å²) in [6, 6.07) is 8.02. The second-order valence-electron chi connectivity index (χ2n) is 8.15. The van der Waals surface area contributed by atoms with Gasteiger partial charge in [-0.3, -0.25) is 4.79 Å². The molecule has 1 aromatic carbocycles. The fraction of sp³-hybridized carbons (Fsp3) is 0.391. The SMILES string of the molecule is CCn1c(-c2cc3cc(C(=O)N4CCC[C@@H](N)C4)cc(OC)c3n2C)nc2ccsc21. The van der Waals surface area contributed by atoms with Crippen LogP contribution in [0.4, 0.5) is 0 Å². The number of methoxy groups -OCH3 is 1. The summed E-state index contributed by atoms with van der Waals surface area (Å²) in [5.74, 6) is 1.63. The first kappa shape index (κ1) is 20.1. The van der Waals surface area contributed by atoms with E-state index < -0.39 is 0 Å². The first-order valence-corrected chi connectivity index (χ1v) is 11.6. The van der Waals surface area contributed by atoms with Gasteiger partial charge in [0.05, 0.1) is 18.3 Å². The molecule has 0 unspecified atom stereocenters. The summed E-state index contributed by atoms with van der Waals surface area (Å²) in [5.41, 5.74) is 9.70. The zero-order chi connectivity index (χ0) is 21.7. The molecule has 1 aliphatic heterocycles. The van der Waals surface area contributed by atoms with Crippen molar-refractivity contribution in [1.29, 1.82) is 0 Å². The molecule has 1 aliphatic rings. The molecule has 1 saturated heterocycles. The molecule has 4 heterocycles. The summed E-state index contributed by atoms with van der Waals surface area (Å²) in [5, 5.41) is 3.04. The van der Waals surface area contributed by atoms with Crippen LogP contribution in [-0.2, 0) is 13.6 Å². The number of carbonyl (C=O) groups excluding carboxylic acids is 1.